The molecule has 0 saturated heterocycles. The molecule has 0 unspecified atom stereocenters. The molecule has 9 heavy (non-hydrogen) atoms. The van der Waals surface area contributed by atoms with E-state index in [0.29, 0.717) is 0 Å². The van der Waals surface area contributed by atoms with E-state index in [2.05, 4.69) is 9.05 Å². The number of hydrogen-bond donors (Lipinski definition) is 0. The van der Waals surface area contributed by atoms with Crippen molar-refractivity contribution in [1.29, 1.82) is 5.26 Å². The number of nitrogens with zero attached hydrogens (tertiary/aromatic N) is 1. The van der Waals surface area contributed by atoms with E-state index in [4.69, 9.17) is 5.26 Å². The molecule has 5 heteroatoms. The molecular formula is C4H9NO3P+. The van der Waals surface area contributed by atoms with Gasteiger partial charge in [0.2, 0.25) is 0 Å². The highest BCUT2D eigenvalue weighted by molar-refractivity contribution is 7.33. The molecule has 0 aromatic carbocycles. The minimum Gasteiger partial charge on any atom is -0.199 e. The van der Waals surface area contributed by atoms with E-state index in [9.17, 15) is 4.57 Å². The Morgan fingerprint density at radius 3 is 1.67 bits per heavy atom. The molecule has 0 fully saturated rings. The highest BCUT2D eigenvalue weighted by Crippen LogP contribution is 2.18. The molecule has 0 radical (unpaired) electrons. The van der Waals surface area contributed by atoms with Crippen LogP contribution >= 0.6 is 8.25 Å². The van der Waals surface area contributed by atoms with Gasteiger partial charge in [-0.05, 0) is 0 Å². The summed E-state index contributed by atoms with van der Waals surface area (Å²) in [5.41, 5.74) is 0. The van der Waals surface area contributed by atoms with Gasteiger partial charge in [0.05, 0.1) is 20.3 Å². The Kier molecular flexibility index (Phi) is 13.2. The van der Waals surface area contributed by atoms with Crippen LogP contribution in [-0.4, -0.2) is 14.2 Å². The van der Waals surface area contributed by atoms with E-state index < -0.39 is 8.25 Å². The molecule has 0 saturated carbocycles. The minimum atomic E-state index is -1.83. The lowest BCUT2D eigenvalue weighted by Crippen LogP contribution is -1.66. The van der Waals surface area contributed by atoms with Crippen molar-refractivity contribution in [2.24, 2.45) is 0 Å². The molecule has 0 spiro atoms. The molecular weight excluding hydrogens is 141 g/mol. The Morgan fingerprint density at radius 1 is 1.44 bits per heavy atom. The molecule has 52 valence electrons. The summed E-state index contributed by atoms with van der Waals surface area (Å²) in [6.07, 6.45) is 0. The maximum absolute atomic E-state index is 9.88. The first-order valence-corrected chi connectivity index (χ1v) is 3.18. The second-order valence-corrected chi connectivity index (χ2v) is 1.99. The molecule has 0 N–H and O–H groups in total. The first-order valence-electron chi connectivity index (χ1n) is 2.09. The quantitative estimate of drug-likeness (QED) is 0.559. The average molecular weight is 150 g/mol. The fourth-order valence-corrected chi connectivity index (χ4v) is 0.224. The molecule has 0 bridgehead atoms. The lowest BCUT2D eigenvalue weighted by Gasteiger charge is -1.66. The van der Waals surface area contributed by atoms with Crippen LogP contribution in [0.1, 0.15) is 6.92 Å². The zero-order valence-electron chi connectivity index (χ0n) is 5.62. The Balaban J connectivity index is 0. The molecule has 0 rings (SSSR count). The van der Waals surface area contributed by atoms with Gasteiger partial charge in [-0.15, -0.1) is 9.05 Å². The summed E-state index contributed by atoms with van der Waals surface area (Å²) in [6.45, 7) is 1.43. The zero-order valence-corrected chi connectivity index (χ0v) is 6.51. The second-order valence-electron chi connectivity index (χ2n) is 0.812. The van der Waals surface area contributed by atoms with Crippen LogP contribution in [-0.2, 0) is 13.6 Å². The first kappa shape index (κ1) is 11.3. The summed E-state index contributed by atoms with van der Waals surface area (Å²) < 4.78 is 18.3. The van der Waals surface area contributed by atoms with Crippen LogP contribution in [0.2, 0.25) is 0 Å². The molecule has 0 atom stereocenters. The third-order valence-electron chi connectivity index (χ3n) is 0.298. The summed E-state index contributed by atoms with van der Waals surface area (Å²) in [5.74, 6) is 0. The minimum absolute atomic E-state index is 1.32. The van der Waals surface area contributed by atoms with Gasteiger partial charge in [-0.3, -0.25) is 0 Å². The van der Waals surface area contributed by atoms with Crippen LogP contribution < -0.4 is 0 Å². The molecule has 0 aliphatic rings. The monoisotopic (exact) mass is 150 g/mol. The standard InChI is InChI=1S/C2H3N.C2H6O3P/c1-2-3;1-4-6(3)5-2/h1H3;1-2H3/q;+1. The van der Waals surface area contributed by atoms with Crippen molar-refractivity contribution in [3.8, 4) is 6.07 Å². The van der Waals surface area contributed by atoms with Gasteiger partial charge in [0.1, 0.15) is 0 Å². The third kappa shape index (κ3) is 18.5. The fourth-order valence-electron chi connectivity index (χ4n) is 0.0745. The molecule has 0 aromatic heterocycles. The molecule has 0 aliphatic heterocycles. The lowest BCUT2D eigenvalue weighted by atomic mass is 11.0. The van der Waals surface area contributed by atoms with Gasteiger partial charge in [0, 0.05) is 11.5 Å². The van der Waals surface area contributed by atoms with E-state index in [1.165, 1.54) is 21.1 Å². The Labute approximate surface area is 55.3 Å². The van der Waals surface area contributed by atoms with E-state index in [1.54, 1.807) is 6.07 Å². The Hall–Kier alpha value is -0.490. The number of rotatable bonds is 2. The number of hydrogen-bond acceptors (Lipinski definition) is 4. The van der Waals surface area contributed by atoms with Gasteiger partial charge >= 0.3 is 8.25 Å². The molecule has 0 heterocycles. The largest absolute Gasteiger partial charge is 0.696 e. The molecule has 0 aliphatic carbocycles. The van der Waals surface area contributed by atoms with Crippen LogP contribution in [0.3, 0.4) is 0 Å². The molecule has 4 nitrogen and oxygen atoms in total. The first-order chi connectivity index (χ1) is 4.22. The predicted octanol–water partition coefficient (Wildman–Crippen LogP) is 1.47. The Morgan fingerprint density at radius 2 is 1.67 bits per heavy atom. The van der Waals surface area contributed by atoms with E-state index in [-0.39, 0.29) is 0 Å². The van der Waals surface area contributed by atoms with Gasteiger partial charge in [-0.25, -0.2) is 0 Å². The second kappa shape index (κ2) is 10.5. The summed E-state index contributed by atoms with van der Waals surface area (Å²) >= 11 is 0. The van der Waals surface area contributed by atoms with Crippen LogP contribution in [0.15, 0.2) is 0 Å². The SMILES string of the molecule is CC#N.CO[P+](=O)OC. The lowest BCUT2D eigenvalue weighted by molar-refractivity contribution is 0.302. The van der Waals surface area contributed by atoms with Crippen molar-refractivity contribution in [2.45, 2.75) is 6.92 Å². The highest BCUT2D eigenvalue weighted by Gasteiger charge is 2.10. The van der Waals surface area contributed by atoms with Crippen molar-refractivity contribution < 1.29 is 13.6 Å². The van der Waals surface area contributed by atoms with Crippen molar-refractivity contribution in [3.63, 3.8) is 0 Å². The normalized spacial score (nSPS) is 6.44. The fraction of sp³-hybridized carbons (Fsp3) is 0.750. The smallest absolute Gasteiger partial charge is 0.199 e. The third-order valence-corrected chi connectivity index (χ3v) is 0.894. The average Bonchev–Trinajstić information content (AvgIpc) is 1.88. The van der Waals surface area contributed by atoms with Crippen molar-refractivity contribution >= 4 is 8.25 Å². The summed E-state index contributed by atoms with van der Waals surface area (Å²) in [6, 6.07) is 1.75. The van der Waals surface area contributed by atoms with E-state index >= 15 is 0 Å². The van der Waals surface area contributed by atoms with Gasteiger partial charge in [0.15, 0.2) is 0 Å². The summed E-state index contributed by atoms with van der Waals surface area (Å²) in [5, 5.41) is 7.32. The molecule has 0 aromatic rings. The Bertz CT molecular complexity index is 103. The van der Waals surface area contributed by atoms with Crippen molar-refractivity contribution in [3.05, 3.63) is 0 Å². The predicted molar refractivity (Wildman–Crippen MR) is 32.9 cm³/mol. The topological polar surface area (TPSA) is 59.3 Å². The van der Waals surface area contributed by atoms with Crippen molar-refractivity contribution in [2.75, 3.05) is 14.2 Å². The van der Waals surface area contributed by atoms with Crippen LogP contribution in [0.4, 0.5) is 0 Å². The van der Waals surface area contributed by atoms with Crippen LogP contribution in [0.5, 0.6) is 0 Å². The maximum Gasteiger partial charge on any atom is 0.696 e. The van der Waals surface area contributed by atoms with Gasteiger partial charge in [-0.2, -0.15) is 5.26 Å². The highest BCUT2D eigenvalue weighted by atomic mass is 31.1. The van der Waals surface area contributed by atoms with E-state index in [1.807, 2.05) is 0 Å². The summed E-state index contributed by atoms with van der Waals surface area (Å²) in [7, 11) is 0.817. The van der Waals surface area contributed by atoms with Crippen molar-refractivity contribution in [1.82, 2.24) is 0 Å². The summed E-state index contributed by atoms with van der Waals surface area (Å²) in [4.78, 5) is 0. The van der Waals surface area contributed by atoms with Gasteiger partial charge < -0.3 is 0 Å². The number of nitriles is 1. The molecule has 0 amide bonds. The van der Waals surface area contributed by atoms with Gasteiger partial charge in [-0.1, -0.05) is 0 Å². The van der Waals surface area contributed by atoms with E-state index in [0.717, 1.165) is 0 Å². The van der Waals surface area contributed by atoms with Gasteiger partial charge in [0.25, 0.3) is 0 Å². The van der Waals surface area contributed by atoms with Crippen LogP contribution in [0.25, 0.3) is 0 Å². The maximum atomic E-state index is 9.88. The zero-order chi connectivity index (χ0) is 7.70. The van der Waals surface area contributed by atoms with Crippen LogP contribution in [0, 0.1) is 11.3 Å².